The van der Waals surface area contributed by atoms with Crippen molar-refractivity contribution in [1.82, 2.24) is 0 Å². The number of aliphatic imine (C=N–C) groups is 2. The van der Waals surface area contributed by atoms with E-state index in [1.165, 1.54) is 0 Å². The number of hydrogen-bond acceptors (Lipinski definition) is 8. The summed E-state index contributed by atoms with van der Waals surface area (Å²) in [6.45, 7) is 9.94. The number of hydrogen-bond donors (Lipinski definition) is 2. The molecular weight excluding hydrogens is 591 g/mol. The Morgan fingerprint density at radius 2 is 1.07 bits per heavy atom. The predicted octanol–water partition coefficient (Wildman–Crippen LogP) is 5.00. The number of benzene rings is 4. The Kier molecular flexibility index (Phi) is 14.9. The summed E-state index contributed by atoms with van der Waals surface area (Å²) in [4.78, 5) is 27.3. The van der Waals surface area contributed by atoms with E-state index in [2.05, 4.69) is 13.8 Å². The Labute approximate surface area is 262 Å². The largest absolute Gasteiger partial charge is 2.00 e. The van der Waals surface area contributed by atoms with E-state index in [9.17, 15) is 10.2 Å². The molecule has 0 aliphatic heterocycles. The van der Waals surface area contributed by atoms with Gasteiger partial charge in [0.15, 0.2) is 0 Å². The minimum absolute atomic E-state index is 0. The number of aromatic hydroxyl groups is 2. The van der Waals surface area contributed by atoms with Gasteiger partial charge < -0.3 is 30.0 Å². The molecule has 0 bridgehead atoms. The Balaban J connectivity index is 0.000000917. The maximum atomic E-state index is 10.5. The molecule has 9 heteroatoms. The smallest absolute Gasteiger partial charge is 0.550 e. The Morgan fingerprint density at radius 1 is 0.721 bits per heavy atom. The van der Waals surface area contributed by atoms with Crippen molar-refractivity contribution in [2.24, 2.45) is 9.98 Å². The molecule has 4 aromatic carbocycles. The van der Waals surface area contributed by atoms with Crippen molar-refractivity contribution in [3.05, 3.63) is 94.0 Å². The van der Waals surface area contributed by atoms with E-state index in [0.717, 1.165) is 71.1 Å². The van der Waals surface area contributed by atoms with Crippen molar-refractivity contribution in [3.8, 4) is 11.5 Å². The zero-order chi connectivity index (χ0) is 31.4. The minimum atomic E-state index is -1.08. The molecule has 0 atom stereocenters. The number of carbonyl (C=O) groups excluding carboxylic acids is 2. The second-order valence-electron chi connectivity index (χ2n) is 9.56. The Morgan fingerprint density at radius 3 is 1.40 bits per heavy atom. The van der Waals surface area contributed by atoms with E-state index in [1.54, 1.807) is 12.4 Å². The van der Waals surface area contributed by atoms with Crippen molar-refractivity contribution in [1.29, 1.82) is 0 Å². The average molecular weight is 628 g/mol. The number of aliphatic carboxylic acids is 2. The first-order chi connectivity index (χ1) is 19.9. The van der Waals surface area contributed by atoms with Crippen molar-refractivity contribution in [2.45, 2.75) is 54.4 Å². The first-order valence-corrected chi connectivity index (χ1v) is 13.5. The fourth-order valence-corrected chi connectivity index (χ4v) is 4.17. The van der Waals surface area contributed by atoms with E-state index >= 15 is 0 Å². The van der Waals surface area contributed by atoms with Crippen molar-refractivity contribution >= 4 is 46.5 Å². The standard InChI is InChI=1S/C30H30N2O2.2C2H4O2.Co/c1-5-21-13-19(3)29(33)24(15-21)17-31-26-11-7-9-23-10-8-12-27(28(23)26)32-18-25-16-22(6-2)14-20(4)30(25)34;2*1-2(3)4;/h7-18,33-34H,5-6H2,1-4H3;2*1H3,(H,3,4);/q;;;+2/p-2. The third-order valence-electron chi connectivity index (χ3n) is 6.14. The third-order valence-corrected chi connectivity index (χ3v) is 6.14. The number of rotatable bonds is 6. The van der Waals surface area contributed by atoms with Crippen LogP contribution < -0.4 is 10.2 Å². The number of nitrogens with zero attached hydrogens (tertiary/aromatic N) is 2. The molecule has 4 rings (SSSR count). The monoisotopic (exact) mass is 627 g/mol. The molecule has 0 fully saturated rings. The quantitative estimate of drug-likeness (QED) is 0.288. The summed E-state index contributed by atoms with van der Waals surface area (Å²) in [6, 6.07) is 19.9. The van der Waals surface area contributed by atoms with Crippen molar-refractivity contribution in [3.63, 3.8) is 0 Å². The van der Waals surface area contributed by atoms with E-state index in [0.29, 0.717) is 11.1 Å². The number of phenolic OH excluding ortho intramolecular Hbond substituents is 2. The second-order valence-corrected chi connectivity index (χ2v) is 9.56. The molecule has 0 saturated carbocycles. The molecule has 0 aromatic heterocycles. The maximum absolute atomic E-state index is 10.5. The molecule has 227 valence electrons. The predicted molar refractivity (Wildman–Crippen MR) is 164 cm³/mol. The summed E-state index contributed by atoms with van der Waals surface area (Å²) in [7, 11) is 0. The van der Waals surface area contributed by atoms with Crippen LogP contribution in [0.4, 0.5) is 11.4 Å². The SMILES string of the molecule is CC(=O)[O-].CC(=O)[O-].CCc1cc(C)c(O)c(C=Nc2cccc3cccc(N=Cc4cc(CC)cc(C)c4O)c23)c1.[Co+2]. The topological polar surface area (TPSA) is 145 Å². The molecule has 1 radical (unpaired) electrons. The van der Waals surface area contributed by atoms with Gasteiger partial charge in [-0.05, 0) is 92.4 Å². The number of phenols is 2. The zero-order valence-corrected chi connectivity index (χ0v) is 26.1. The van der Waals surface area contributed by atoms with Crippen LogP contribution in [0.15, 0.2) is 70.6 Å². The number of carboxylic acid groups (broad SMARTS) is 2. The molecule has 0 amide bonds. The summed E-state index contributed by atoms with van der Waals surface area (Å²) in [6.07, 6.45) is 5.22. The van der Waals surface area contributed by atoms with Gasteiger partial charge in [0.05, 0.1) is 11.4 Å². The van der Waals surface area contributed by atoms with Gasteiger partial charge in [0.1, 0.15) is 11.5 Å². The van der Waals surface area contributed by atoms with Crippen LogP contribution in [-0.4, -0.2) is 34.6 Å². The molecule has 0 heterocycles. The average Bonchev–Trinajstić information content (AvgIpc) is 2.93. The van der Waals surface area contributed by atoms with Crippen LogP contribution in [0.3, 0.4) is 0 Å². The molecule has 0 aliphatic carbocycles. The third kappa shape index (κ3) is 11.0. The molecule has 43 heavy (non-hydrogen) atoms. The molecular formula is C34H36CoN2O6. The van der Waals surface area contributed by atoms with Gasteiger partial charge in [0, 0.05) is 40.9 Å². The molecule has 8 nitrogen and oxygen atoms in total. The van der Waals surface area contributed by atoms with Gasteiger partial charge in [-0.1, -0.05) is 50.2 Å². The van der Waals surface area contributed by atoms with Crippen LogP contribution in [0.25, 0.3) is 10.8 Å². The van der Waals surface area contributed by atoms with Crippen LogP contribution in [-0.2, 0) is 39.2 Å². The first kappa shape index (κ1) is 36.6. The van der Waals surface area contributed by atoms with Crippen LogP contribution >= 0.6 is 0 Å². The number of aryl methyl sites for hydroxylation is 4. The van der Waals surface area contributed by atoms with E-state index < -0.39 is 11.9 Å². The fourth-order valence-electron chi connectivity index (χ4n) is 4.17. The van der Waals surface area contributed by atoms with Gasteiger partial charge in [-0.15, -0.1) is 0 Å². The number of carboxylic acids is 2. The van der Waals surface area contributed by atoms with Gasteiger partial charge in [-0.2, -0.15) is 0 Å². The molecule has 0 spiro atoms. The molecule has 0 unspecified atom stereocenters. The number of carbonyl (C=O) groups is 2. The number of fused-ring (bicyclic) bond motifs is 1. The van der Waals surface area contributed by atoms with Gasteiger partial charge >= 0.3 is 16.8 Å². The van der Waals surface area contributed by atoms with Gasteiger partial charge in [-0.25, -0.2) is 0 Å². The zero-order valence-electron chi connectivity index (χ0n) is 25.1. The summed E-state index contributed by atoms with van der Waals surface area (Å²) in [5.74, 6) is -1.66. The Hall–Kier alpha value is -4.47. The maximum Gasteiger partial charge on any atom is 2.00 e. The van der Waals surface area contributed by atoms with Crippen LogP contribution in [0, 0.1) is 13.8 Å². The fraction of sp³-hybridized carbons (Fsp3) is 0.235. The molecule has 4 aromatic rings. The normalized spacial score (nSPS) is 10.5. The molecule has 0 saturated heterocycles. The van der Waals surface area contributed by atoms with Crippen molar-refractivity contribution < 1.29 is 46.8 Å². The summed E-state index contributed by atoms with van der Waals surface area (Å²) >= 11 is 0. The summed E-state index contributed by atoms with van der Waals surface area (Å²) in [5.41, 5.74) is 6.94. The van der Waals surface area contributed by atoms with Gasteiger partial charge in [-0.3, -0.25) is 9.98 Å². The first-order valence-electron chi connectivity index (χ1n) is 13.5. The van der Waals surface area contributed by atoms with Gasteiger partial charge in [0.25, 0.3) is 0 Å². The van der Waals surface area contributed by atoms with Gasteiger partial charge in [0.2, 0.25) is 0 Å². The van der Waals surface area contributed by atoms with Crippen LogP contribution in [0.5, 0.6) is 11.5 Å². The van der Waals surface area contributed by atoms with Crippen LogP contribution in [0.2, 0.25) is 0 Å². The molecule has 2 N–H and O–H groups in total. The summed E-state index contributed by atoms with van der Waals surface area (Å²) in [5, 5.41) is 40.8. The summed E-state index contributed by atoms with van der Waals surface area (Å²) < 4.78 is 0. The van der Waals surface area contributed by atoms with E-state index in [1.807, 2.05) is 74.5 Å². The minimum Gasteiger partial charge on any atom is -0.550 e. The molecule has 0 aliphatic rings. The second kappa shape index (κ2) is 17.5. The Bertz CT molecular complexity index is 1510. The van der Waals surface area contributed by atoms with E-state index in [-0.39, 0.29) is 28.3 Å². The van der Waals surface area contributed by atoms with E-state index in [4.69, 9.17) is 29.8 Å². The van der Waals surface area contributed by atoms with Crippen molar-refractivity contribution in [2.75, 3.05) is 0 Å². The van der Waals surface area contributed by atoms with Crippen LogP contribution in [0.1, 0.15) is 61.1 Å².